The number of fused-ring (bicyclic) bond motifs is 1. The Labute approximate surface area is 90.4 Å². The molecule has 0 aliphatic rings. The normalized spacial score (nSPS) is 12.9. The SMILES string of the molecule is NC(CC(=O)O)c1cc2ccncc2s1. The van der Waals surface area contributed by atoms with Crippen LogP contribution in [0.4, 0.5) is 0 Å². The van der Waals surface area contributed by atoms with Gasteiger partial charge in [-0.2, -0.15) is 0 Å². The zero-order valence-corrected chi connectivity index (χ0v) is 8.70. The highest BCUT2D eigenvalue weighted by molar-refractivity contribution is 7.19. The molecule has 1 atom stereocenters. The van der Waals surface area contributed by atoms with Gasteiger partial charge in [-0.05, 0) is 17.5 Å². The lowest BCUT2D eigenvalue weighted by Gasteiger charge is -2.04. The number of aromatic nitrogens is 1. The van der Waals surface area contributed by atoms with E-state index in [1.165, 1.54) is 11.3 Å². The number of nitrogens with two attached hydrogens (primary N) is 1. The molecule has 5 heteroatoms. The summed E-state index contributed by atoms with van der Waals surface area (Å²) in [5, 5.41) is 9.69. The van der Waals surface area contributed by atoms with Crippen molar-refractivity contribution in [2.24, 2.45) is 5.73 Å². The lowest BCUT2D eigenvalue weighted by Crippen LogP contribution is -2.13. The van der Waals surface area contributed by atoms with E-state index in [1.807, 2.05) is 12.1 Å². The first-order valence-electron chi connectivity index (χ1n) is 4.47. The Morgan fingerprint density at radius 2 is 2.47 bits per heavy atom. The fourth-order valence-electron chi connectivity index (χ4n) is 1.38. The number of hydrogen-bond donors (Lipinski definition) is 2. The molecular weight excluding hydrogens is 212 g/mol. The van der Waals surface area contributed by atoms with Gasteiger partial charge in [0.1, 0.15) is 0 Å². The number of nitrogens with zero attached hydrogens (tertiary/aromatic N) is 1. The van der Waals surface area contributed by atoms with Crippen LogP contribution in [0.2, 0.25) is 0 Å². The van der Waals surface area contributed by atoms with Gasteiger partial charge in [0.2, 0.25) is 0 Å². The third-order valence-electron chi connectivity index (χ3n) is 2.10. The van der Waals surface area contributed by atoms with Crippen LogP contribution in [0.1, 0.15) is 17.3 Å². The summed E-state index contributed by atoms with van der Waals surface area (Å²) in [7, 11) is 0. The van der Waals surface area contributed by atoms with Crippen LogP contribution in [0.5, 0.6) is 0 Å². The quantitative estimate of drug-likeness (QED) is 0.829. The average Bonchev–Trinajstić information content (AvgIpc) is 2.59. The first kappa shape index (κ1) is 10.1. The van der Waals surface area contributed by atoms with Gasteiger partial charge in [-0.15, -0.1) is 11.3 Å². The monoisotopic (exact) mass is 222 g/mol. The molecule has 0 fully saturated rings. The first-order valence-corrected chi connectivity index (χ1v) is 5.29. The van der Waals surface area contributed by atoms with Crippen molar-refractivity contribution < 1.29 is 9.90 Å². The van der Waals surface area contributed by atoms with Gasteiger partial charge in [0.05, 0.1) is 11.1 Å². The first-order chi connectivity index (χ1) is 7.16. The molecule has 0 saturated carbocycles. The second-order valence-corrected chi connectivity index (χ2v) is 4.38. The molecule has 0 aliphatic carbocycles. The molecule has 15 heavy (non-hydrogen) atoms. The van der Waals surface area contributed by atoms with Crippen LogP contribution in [0.15, 0.2) is 24.5 Å². The maximum Gasteiger partial charge on any atom is 0.305 e. The maximum absolute atomic E-state index is 10.5. The molecule has 2 heterocycles. The van der Waals surface area contributed by atoms with E-state index in [1.54, 1.807) is 12.4 Å². The van der Waals surface area contributed by atoms with Crippen molar-refractivity contribution in [2.75, 3.05) is 0 Å². The van der Waals surface area contributed by atoms with Crippen molar-refractivity contribution in [2.45, 2.75) is 12.5 Å². The summed E-state index contributed by atoms with van der Waals surface area (Å²) in [6, 6.07) is 3.39. The van der Waals surface area contributed by atoms with Crippen molar-refractivity contribution in [3.63, 3.8) is 0 Å². The Hall–Kier alpha value is -1.46. The van der Waals surface area contributed by atoms with Crippen LogP contribution < -0.4 is 5.73 Å². The van der Waals surface area contributed by atoms with Crippen LogP contribution in [0.3, 0.4) is 0 Å². The molecule has 0 aliphatic heterocycles. The van der Waals surface area contributed by atoms with Gasteiger partial charge in [0.25, 0.3) is 0 Å². The number of carboxylic acid groups (broad SMARTS) is 1. The van der Waals surface area contributed by atoms with Gasteiger partial charge in [-0.1, -0.05) is 0 Å². The Morgan fingerprint density at radius 1 is 1.67 bits per heavy atom. The van der Waals surface area contributed by atoms with Gasteiger partial charge in [-0.25, -0.2) is 0 Å². The summed E-state index contributed by atoms with van der Waals surface area (Å²) in [6.07, 6.45) is 3.43. The molecule has 4 nitrogen and oxygen atoms in total. The minimum Gasteiger partial charge on any atom is -0.481 e. The molecule has 0 bridgehead atoms. The highest BCUT2D eigenvalue weighted by atomic mass is 32.1. The summed E-state index contributed by atoms with van der Waals surface area (Å²) in [5.74, 6) is -0.877. The predicted octanol–water partition coefficient (Wildman–Crippen LogP) is 1.77. The Kier molecular flexibility index (Phi) is 2.66. The molecule has 3 N–H and O–H groups in total. The number of hydrogen-bond acceptors (Lipinski definition) is 4. The molecule has 2 aromatic rings. The summed E-state index contributed by atoms with van der Waals surface area (Å²) < 4.78 is 1.04. The van der Waals surface area contributed by atoms with E-state index in [-0.39, 0.29) is 6.42 Å². The van der Waals surface area contributed by atoms with Crippen molar-refractivity contribution in [1.82, 2.24) is 4.98 Å². The second kappa shape index (κ2) is 3.96. The van der Waals surface area contributed by atoms with E-state index in [0.29, 0.717) is 0 Å². The molecule has 0 aromatic carbocycles. The number of aliphatic carboxylic acids is 1. The van der Waals surface area contributed by atoms with Gasteiger partial charge >= 0.3 is 5.97 Å². The summed E-state index contributed by atoms with van der Waals surface area (Å²) >= 11 is 1.50. The Morgan fingerprint density at radius 3 is 3.13 bits per heavy atom. The summed E-state index contributed by atoms with van der Waals surface area (Å²) in [5.41, 5.74) is 5.77. The van der Waals surface area contributed by atoms with Crippen LogP contribution in [0, 0.1) is 0 Å². The van der Waals surface area contributed by atoms with Gasteiger partial charge in [0.15, 0.2) is 0 Å². The smallest absolute Gasteiger partial charge is 0.305 e. The minimum atomic E-state index is -0.877. The van der Waals surface area contributed by atoms with Gasteiger partial charge in [-0.3, -0.25) is 9.78 Å². The third-order valence-corrected chi connectivity index (χ3v) is 3.32. The maximum atomic E-state index is 10.5. The molecule has 78 valence electrons. The zero-order valence-electron chi connectivity index (χ0n) is 7.88. The molecule has 1 unspecified atom stereocenters. The van der Waals surface area contributed by atoms with E-state index in [4.69, 9.17) is 10.8 Å². The fourth-order valence-corrected chi connectivity index (χ4v) is 2.41. The van der Waals surface area contributed by atoms with E-state index >= 15 is 0 Å². The van der Waals surface area contributed by atoms with Crippen molar-refractivity contribution in [3.05, 3.63) is 29.4 Å². The molecule has 0 saturated heterocycles. The lowest BCUT2D eigenvalue weighted by atomic mass is 10.2. The van der Waals surface area contributed by atoms with Crippen LogP contribution in [-0.2, 0) is 4.79 Å². The molecule has 2 rings (SSSR count). The summed E-state index contributed by atoms with van der Waals surface area (Å²) in [4.78, 5) is 15.4. The lowest BCUT2D eigenvalue weighted by molar-refractivity contribution is -0.137. The largest absolute Gasteiger partial charge is 0.481 e. The van der Waals surface area contributed by atoms with E-state index in [0.717, 1.165) is 15.0 Å². The molecule has 0 radical (unpaired) electrons. The molecular formula is C10H10N2O2S. The van der Waals surface area contributed by atoms with Crippen LogP contribution >= 0.6 is 11.3 Å². The number of carboxylic acids is 1. The van der Waals surface area contributed by atoms with Gasteiger partial charge in [0, 0.05) is 23.3 Å². The second-order valence-electron chi connectivity index (χ2n) is 3.27. The molecule has 0 amide bonds. The fraction of sp³-hybridized carbons (Fsp3) is 0.200. The van der Waals surface area contributed by atoms with E-state index in [2.05, 4.69) is 4.98 Å². The average molecular weight is 222 g/mol. The summed E-state index contributed by atoms with van der Waals surface area (Å²) in [6.45, 7) is 0. The van der Waals surface area contributed by atoms with Crippen molar-refractivity contribution in [3.8, 4) is 0 Å². The van der Waals surface area contributed by atoms with Crippen molar-refractivity contribution >= 4 is 27.4 Å². The van der Waals surface area contributed by atoms with E-state index < -0.39 is 12.0 Å². The van der Waals surface area contributed by atoms with Crippen LogP contribution in [0.25, 0.3) is 10.1 Å². The highest BCUT2D eigenvalue weighted by Crippen LogP contribution is 2.29. The minimum absolute atomic E-state index is 0.0414. The third kappa shape index (κ3) is 2.14. The predicted molar refractivity (Wildman–Crippen MR) is 58.8 cm³/mol. The number of pyridine rings is 1. The molecule has 0 spiro atoms. The molecule has 2 aromatic heterocycles. The van der Waals surface area contributed by atoms with Gasteiger partial charge < -0.3 is 10.8 Å². The Bertz CT molecular complexity index is 462. The topological polar surface area (TPSA) is 76.2 Å². The Balaban J connectivity index is 2.32. The van der Waals surface area contributed by atoms with E-state index in [9.17, 15) is 4.79 Å². The highest BCUT2D eigenvalue weighted by Gasteiger charge is 2.13. The standard InChI is InChI=1S/C10H10N2O2S/c11-7(4-10(13)14)8-3-6-1-2-12-5-9(6)15-8/h1-3,5,7H,4,11H2,(H,13,14). The van der Waals surface area contributed by atoms with Crippen LogP contribution in [-0.4, -0.2) is 16.1 Å². The zero-order chi connectivity index (χ0) is 10.8. The number of carbonyl (C=O) groups is 1. The number of rotatable bonds is 3. The van der Waals surface area contributed by atoms with Crippen molar-refractivity contribution in [1.29, 1.82) is 0 Å². The number of thiophene rings is 1.